The predicted octanol–water partition coefficient (Wildman–Crippen LogP) is 5.94. The first-order chi connectivity index (χ1) is 37.0. The molecule has 1 amide bonds. The van der Waals surface area contributed by atoms with E-state index in [2.05, 4.69) is 25.3 Å². The molecule has 18 nitrogen and oxygen atoms in total. The Labute approximate surface area is 451 Å². The number of amides is 1. The van der Waals surface area contributed by atoms with Gasteiger partial charge < -0.3 is 64.0 Å². The Morgan fingerprint density at radius 3 is 1.82 bits per heavy atom. The van der Waals surface area contributed by atoms with E-state index in [-0.39, 0.29) is 55.5 Å². The fraction of sp³-hybridized carbons (Fsp3) is 0.786. The van der Waals surface area contributed by atoms with Gasteiger partial charge in [-0.05, 0) is 88.5 Å². The van der Waals surface area contributed by atoms with Crippen molar-refractivity contribution in [3.63, 3.8) is 0 Å². The van der Waals surface area contributed by atoms with Gasteiger partial charge in [0, 0.05) is 88.1 Å². The Kier molecular flexibility index (Phi) is 27.3. The van der Waals surface area contributed by atoms with Crippen molar-refractivity contribution in [2.24, 2.45) is 23.0 Å². The topological polar surface area (TPSA) is 215 Å². The number of benzene rings is 1. The summed E-state index contributed by atoms with van der Waals surface area (Å²) in [5.74, 6) is -1.88. The minimum atomic E-state index is -2.67. The van der Waals surface area contributed by atoms with Crippen molar-refractivity contribution in [1.29, 1.82) is 10.8 Å². The highest BCUT2D eigenvalue weighted by Crippen LogP contribution is 2.47. The quantitative estimate of drug-likeness (QED) is 0.0225. The standard InChI is InChI=1S/C56H92F2N8O10/c1-44(59)66(51-38-49-8-9-50(39-51)65(49)20-14-52(45-6-3-2-4-7-45)63-54(68)47-12-17-56(57,58)18-13-47)53(61)46-10-15-55(16-11-46)42-64(43-55)21-25-71-28-31-74-34-35-75-36-37-76-41-48(60)40-62-19-24-70-27-30-73-33-32-72-29-26-69-23-5-22-67/h2-4,6-7,22,40,46-47,49-52,59,61-62H,5,8-21,23-39,41-43,60H2,1H3,(H,63,68)/b48-40-,59-44?,61-53?/t49?,50?,51?,52-/m0/s1. The summed E-state index contributed by atoms with van der Waals surface area (Å²) in [5, 5.41) is 24.7. The third-order valence-corrected chi connectivity index (χ3v) is 15.8. The molecule has 6 N–H and O–H groups in total. The molecule has 5 aliphatic rings. The molecule has 3 saturated heterocycles. The van der Waals surface area contributed by atoms with E-state index in [0.717, 1.165) is 95.8 Å². The average molecular weight is 1080 g/mol. The van der Waals surface area contributed by atoms with Crippen molar-refractivity contribution in [2.45, 2.75) is 127 Å². The molecule has 2 bridgehead atoms. The molecule has 3 atom stereocenters. The van der Waals surface area contributed by atoms with Gasteiger partial charge in [0.05, 0.1) is 123 Å². The number of likely N-dealkylation sites (tertiary alicyclic amines) is 1. The van der Waals surface area contributed by atoms with E-state index in [1.807, 2.05) is 37.3 Å². The number of carbonyl (C=O) groups is 2. The normalized spacial score (nSPS) is 22.3. The zero-order valence-corrected chi connectivity index (χ0v) is 45.5. The molecule has 3 heterocycles. The van der Waals surface area contributed by atoms with Crippen LogP contribution in [0.1, 0.15) is 108 Å². The molecule has 2 saturated carbocycles. The zero-order valence-electron chi connectivity index (χ0n) is 45.5. The Hall–Kier alpha value is -3.70. The third-order valence-electron chi connectivity index (χ3n) is 15.8. The number of amidine groups is 2. The Morgan fingerprint density at radius 1 is 0.724 bits per heavy atom. The van der Waals surface area contributed by atoms with Crippen molar-refractivity contribution in [3.05, 3.63) is 47.8 Å². The summed E-state index contributed by atoms with van der Waals surface area (Å²) in [5.41, 5.74) is 7.95. The van der Waals surface area contributed by atoms with Crippen molar-refractivity contribution >= 4 is 23.9 Å². The molecule has 1 aromatic rings. The molecule has 2 unspecified atom stereocenters. The SMILES string of the molecule is CC(=N)N(C(=N)C1CCC2(CC1)CN(CCOCCOCCOCCOC/C(N)=C/NCCOCCOCCOCCOCCC=O)C2)C1CC2CCC(C1)N2CC[C@H](NC(=O)C1CCC(F)(F)CC1)c1ccccc1. The molecule has 3 aliphatic heterocycles. The van der Waals surface area contributed by atoms with Gasteiger partial charge in [0.1, 0.15) is 12.1 Å². The summed E-state index contributed by atoms with van der Waals surface area (Å²) in [6, 6.07) is 10.7. The van der Waals surface area contributed by atoms with Gasteiger partial charge in [0.2, 0.25) is 11.8 Å². The van der Waals surface area contributed by atoms with Crippen molar-refractivity contribution in [1.82, 2.24) is 25.3 Å². The fourth-order valence-electron chi connectivity index (χ4n) is 11.7. The van der Waals surface area contributed by atoms with Crippen LogP contribution >= 0.6 is 0 Å². The maximum atomic E-state index is 13.9. The van der Waals surface area contributed by atoms with Crippen LogP contribution in [0.4, 0.5) is 8.78 Å². The van der Waals surface area contributed by atoms with E-state index in [1.54, 1.807) is 6.20 Å². The predicted molar refractivity (Wildman–Crippen MR) is 287 cm³/mol. The molecule has 5 fully saturated rings. The van der Waals surface area contributed by atoms with Crippen LogP contribution < -0.4 is 16.4 Å². The number of nitrogens with zero attached hydrogens (tertiary/aromatic N) is 3. The van der Waals surface area contributed by atoms with Crippen LogP contribution in [0.3, 0.4) is 0 Å². The van der Waals surface area contributed by atoms with Crippen LogP contribution in [0.15, 0.2) is 42.2 Å². The summed E-state index contributed by atoms with van der Waals surface area (Å²) in [7, 11) is 0. The number of piperidine rings is 1. The van der Waals surface area contributed by atoms with Crippen LogP contribution in [0.25, 0.3) is 0 Å². The highest BCUT2D eigenvalue weighted by Gasteiger charge is 2.48. The minimum absolute atomic E-state index is 0.111. The van der Waals surface area contributed by atoms with Crippen molar-refractivity contribution in [3.8, 4) is 0 Å². The monoisotopic (exact) mass is 1070 g/mol. The summed E-state index contributed by atoms with van der Waals surface area (Å²) in [4.78, 5) is 30.8. The number of nitrogens with one attached hydrogen (secondary N) is 4. The number of ether oxygens (including phenoxy) is 8. The molecule has 1 spiro atoms. The van der Waals surface area contributed by atoms with Gasteiger partial charge in [0.15, 0.2) is 0 Å². The van der Waals surface area contributed by atoms with E-state index in [4.69, 9.17) is 49.0 Å². The number of aldehydes is 1. The number of halogens is 2. The number of alkyl halides is 2. The lowest BCUT2D eigenvalue weighted by Gasteiger charge is -2.54. The van der Waals surface area contributed by atoms with Gasteiger partial charge in [-0.25, -0.2) is 8.78 Å². The lowest BCUT2D eigenvalue weighted by Crippen LogP contribution is -2.59. The van der Waals surface area contributed by atoms with Crippen LogP contribution in [-0.2, 0) is 47.5 Å². The van der Waals surface area contributed by atoms with Crippen LogP contribution in [0, 0.1) is 28.1 Å². The first-order valence-corrected chi connectivity index (χ1v) is 28.3. The molecule has 2 aliphatic carbocycles. The van der Waals surface area contributed by atoms with Gasteiger partial charge >= 0.3 is 0 Å². The molecule has 0 aromatic heterocycles. The zero-order chi connectivity index (χ0) is 53.9. The second-order valence-corrected chi connectivity index (χ2v) is 21.4. The smallest absolute Gasteiger partial charge is 0.248 e. The van der Waals surface area contributed by atoms with Crippen molar-refractivity contribution < 1.29 is 56.3 Å². The summed E-state index contributed by atoms with van der Waals surface area (Å²) in [6.07, 6.45) is 12.0. The van der Waals surface area contributed by atoms with Crippen LogP contribution in [0.2, 0.25) is 0 Å². The van der Waals surface area contributed by atoms with E-state index >= 15 is 0 Å². The molecule has 0 radical (unpaired) electrons. The third kappa shape index (κ3) is 21.2. The second-order valence-electron chi connectivity index (χ2n) is 21.4. The largest absolute Gasteiger partial charge is 0.399 e. The highest BCUT2D eigenvalue weighted by atomic mass is 19.3. The highest BCUT2D eigenvalue weighted by molar-refractivity contribution is 5.98. The lowest BCUT2D eigenvalue weighted by molar-refractivity contribution is -0.130. The first kappa shape index (κ1) is 61.5. The summed E-state index contributed by atoms with van der Waals surface area (Å²) < 4.78 is 72.1. The first-order valence-electron chi connectivity index (χ1n) is 28.3. The average Bonchev–Trinajstić information content (AvgIpc) is 3.65. The number of carbonyl (C=O) groups excluding carboxylic acids is 2. The Morgan fingerprint density at radius 2 is 1.25 bits per heavy atom. The molecular formula is C56H92F2N8O10. The minimum Gasteiger partial charge on any atom is -0.399 e. The number of hydrogen-bond acceptors (Lipinski definition) is 16. The summed E-state index contributed by atoms with van der Waals surface area (Å²) >= 11 is 0. The van der Waals surface area contributed by atoms with E-state index in [0.29, 0.717) is 154 Å². The lowest BCUT2D eigenvalue weighted by atomic mass is 9.65. The Balaban J connectivity index is 0.740. The molecule has 20 heteroatoms. The number of fused-ring (bicyclic) bond motifs is 2. The molecule has 6 rings (SSSR count). The van der Waals surface area contributed by atoms with Gasteiger partial charge in [-0.15, -0.1) is 0 Å². The Bertz CT molecular complexity index is 1850. The van der Waals surface area contributed by atoms with Crippen LogP contribution in [-0.4, -0.2) is 201 Å². The van der Waals surface area contributed by atoms with Crippen LogP contribution in [0.5, 0.6) is 0 Å². The number of rotatable bonds is 38. The van der Waals surface area contributed by atoms with E-state index < -0.39 is 5.92 Å². The van der Waals surface area contributed by atoms with Gasteiger partial charge in [0.25, 0.3) is 0 Å². The summed E-state index contributed by atoms with van der Waals surface area (Å²) in [6.45, 7) is 14.0. The second kappa shape index (κ2) is 33.7. The molecule has 1 aromatic carbocycles. The van der Waals surface area contributed by atoms with Gasteiger partial charge in [-0.1, -0.05) is 30.3 Å². The van der Waals surface area contributed by atoms with E-state index in [1.165, 1.54) is 0 Å². The number of hydrogen-bond donors (Lipinski definition) is 5. The molecule has 430 valence electrons. The molecule has 76 heavy (non-hydrogen) atoms. The van der Waals surface area contributed by atoms with Crippen molar-refractivity contribution in [2.75, 3.05) is 138 Å². The maximum absolute atomic E-state index is 13.9. The van der Waals surface area contributed by atoms with Gasteiger partial charge in [-0.2, -0.15) is 0 Å². The molecular weight excluding hydrogens is 983 g/mol. The maximum Gasteiger partial charge on any atom is 0.248 e. The number of nitrogens with two attached hydrogens (primary N) is 1. The fourth-order valence-corrected chi connectivity index (χ4v) is 11.7. The van der Waals surface area contributed by atoms with E-state index in [9.17, 15) is 23.8 Å². The van der Waals surface area contributed by atoms with Gasteiger partial charge in [-0.3, -0.25) is 25.4 Å².